The minimum atomic E-state index is -0.639. The van der Waals surface area contributed by atoms with E-state index in [2.05, 4.69) is 9.97 Å². The molecule has 0 aromatic carbocycles. The van der Waals surface area contributed by atoms with Gasteiger partial charge in [0.15, 0.2) is 0 Å². The Bertz CT molecular complexity index is 999. The molecule has 6 atom stereocenters. The van der Waals surface area contributed by atoms with Crippen LogP contribution in [0.5, 0.6) is 0 Å². The van der Waals surface area contributed by atoms with Crippen molar-refractivity contribution in [1.29, 1.82) is 0 Å². The molecule has 3 aliphatic carbocycles. The molecular weight excluding hydrogens is 384 g/mol. The van der Waals surface area contributed by atoms with Crippen LogP contribution < -0.4 is 9.80 Å². The van der Waals surface area contributed by atoms with Crippen LogP contribution >= 0.6 is 0 Å². The number of anilines is 2. The SMILES string of the molecule is O=C1[C@@H]2C3C=CC([C@@H]2C(=O)N1c1cccnc1)[C@@H]1C(=O)N(c2cccnc2)C(=O)[C@@H]31. The van der Waals surface area contributed by atoms with E-state index in [4.69, 9.17) is 0 Å². The van der Waals surface area contributed by atoms with Gasteiger partial charge >= 0.3 is 0 Å². The number of amides is 4. The Labute approximate surface area is 171 Å². The van der Waals surface area contributed by atoms with Gasteiger partial charge in [-0.2, -0.15) is 0 Å². The summed E-state index contributed by atoms with van der Waals surface area (Å²) in [6, 6.07) is 6.66. The van der Waals surface area contributed by atoms with Crippen LogP contribution in [-0.4, -0.2) is 33.6 Å². The third-order valence-corrected chi connectivity index (χ3v) is 6.82. The van der Waals surface area contributed by atoms with Crippen molar-refractivity contribution in [3.05, 3.63) is 61.2 Å². The molecule has 7 rings (SSSR count). The summed E-state index contributed by atoms with van der Waals surface area (Å²) in [5.74, 6) is -4.82. The van der Waals surface area contributed by atoms with Gasteiger partial charge in [-0.15, -0.1) is 0 Å². The maximum absolute atomic E-state index is 13.3. The molecule has 2 aromatic rings. The number of nitrogens with zero attached hydrogens (tertiary/aromatic N) is 4. The van der Waals surface area contributed by atoms with Crippen LogP contribution in [0.4, 0.5) is 11.4 Å². The molecule has 2 bridgehead atoms. The second-order valence-corrected chi connectivity index (χ2v) is 8.09. The summed E-state index contributed by atoms with van der Waals surface area (Å²) in [5.41, 5.74) is 0.835. The van der Waals surface area contributed by atoms with Crippen LogP contribution in [-0.2, 0) is 19.2 Å². The lowest BCUT2D eigenvalue weighted by Crippen LogP contribution is -2.50. The van der Waals surface area contributed by atoms with Crippen LogP contribution in [0.3, 0.4) is 0 Å². The normalized spacial score (nSPS) is 34.0. The maximum Gasteiger partial charge on any atom is 0.238 e. The smallest absolute Gasteiger partial charge is 0.238 e. The molecule has 30 heavy (non-hydrogen) atoms. The molecule has 8 nitrogen and oxygen atoms in total. The predicted octanol–water partition coefficient (Wildman–Crippen LogP) is 1.20. The van der Waals surface area contributed by atoms with Gasteiger partial charge in [0.05, 0.1) is 47.4 Å². The molecule has 148 valence electrons. The van der Waals surface area contributed by atoms with Gasteiger partial charge in [0, 0.05) is 24.2 Å². The molecule has 2 aromatic heterocycles. The van der Waals surface area contributed by atoms with Crippen molar-refractivity contribution in [2.75, 3.05) is 9.80 Å². The Morgan fingerprint density at radius 3 is 1.27 bits per heavy atom. The van der Waals surface area contributed by atoms with E-state index in [0.29, 0.717) is 11.4 Å². The van der Waals surface area contributed by atoms with Gasteiger partial charge in [-0.25, -0.2) is 9.80 Å². The minimum Gasteiger partial charge on any atom is -0.274 e. The van der Waals surface area contributed by atoms with E-state index >= 15 is 0 Å². The Morgan fingerprint density at radius 1 is 0.600 bits per heavy atom. The standard InChI is InChI=1S/C22H16N4O4/c27-19-15-13-5-6-14(16(15)20(28)25(19)11-3-1-7-23-9-11)18-17(13)21(29)26(22(18)30)12-4-2-8-24-10-12/h1-10,13-18H/t13?,14?,15-,16-,17-,18+/m0/s1. The molecule has 0 spiro atoms. The highest BCUT2D eigenvalue weighted by atomic mass is 16.2. The average Bonchev–Trinajstić information content (AvgIpc) is 3.22. The van der Waals surface area contributed by atoms with E-state index in [9.17, 15) is 19.2 Å². The lowest BCUT2D eigenvalue weighted by molar-refractivity contribution is -0.137. The van der Waals surface area contributed by atoms with Crippen molar-refractivity contribution in [1.82, 2.24) is 9.97 Å². The molecule has 1 saturated carbocycles. The van der Waals surface area contributed by atoms with Crippen LogP contribution in [0.2, 0.25) is 0 Å². The van der Waals surface area contributed by atoms with E-state index in [1.165, 1.54) is 22.2 Å². The number of rotatable bonds is 2. The summed E-state index contributed by atoms with van der Waals surface area (Å²) in [4.78, 5) is 63.5. The Hall–Kier alpha value is -3.68. The molecule has 4 heterocycles. The minimum absolute atomic E-state index is 0.323. The maximum atomic E-state index is 13.3. The van der Waals surface area contributed by atoms with Crippen molar-refractivity contribution < 1.29 is 19.2 Å². The third kappa shape index (κ3) is 2.00. The molecule has 3 fully saturated rings. The molecule has 0 radical (unpaired) electrons. The number of carbonyl (C=O) groups excluding carboxylic acids is 4. The summed E-state index contributed by atoms with van der Waals surface area (Å²) >= 11 is 0. The van der Waals surface area contributed by atoms with Gasteiger partial charge in [0.25, 0.3) is 0 Å². The number of carbonyl (C=O) groups is 4. The molecule has 2 unspecified atom stereocenters. The highest BCUT2D eigenvalue weighted by molar-refractivity contribution is 6.26. The first-order chi connectivity index (χ1) is 14.6. The summed E-state index contributed by atoms with van der Waals surface area (Å²) in [6.45, 7) is 0. The van der Waals surface area contributed by atoms with Crippen LogP contribution in [0.15, 0.2) is 61.2 Å². The zero-order valence-electron chi connectivity index (χ0n) is 15.7. The number of allylic oxidation sites excluding steroid dienone is 2. The number of aromatic nitrogens is 2. The third-order valence-electron chi connectivity index (χ3n) is 6.82. The average molecular weight is 400 g/mol. The van der Waals surface area contributed by atoms with Gasteiger partial charge in [0.2, 0.25) is 23.6 Å². The topological polar surface area (TPSA) is 101 Å². The summed E-state index contributed by atoms with van der Waals surface area (Å²) < 4.78 is 0. The number of pyridine rings is 2. The van der Waals surface area contributed by atoms with E-state index in [1.807, 2.05) is 12.2 Å². The molecular formula is C22H16N4O4. The Kier molecular flexibility index (Phi) is 3.39. The molecule has 2 saturated heterocycles. The van der Waals surface area contributed by atoms with Gasteiger partial charge < -0.3 is 0 Å². The van der Waals surface area contributed by atoms with Crippen molar-refractivity contribution in [3.63, 3.8) is 0 Å². The lowest BCUT2D eigenvalue weighted by atomic mass is 9.54. The van der Waals surface area contributed by atoms with Gasteiger partial charge in [-0.3, -0.25) is 29.1 Å². The fourth-order valence-electron chi connectivity index (χ4n) is 5.71. The van der Waals surface area contributed by atoms with Gasteiger partial charge in [-0.1, -0.05) is 12.2 Å². The zero-order valence-corrected chi connectivity index (χ0v) is 15.7. The van der Waals surface area contributed by atoms with Crippen LogP contribution in [0.1, 0.15) is 0 Å². The first-order valence-electron chi connectivity index (χ1n) is 9.83. The molecule has 5 aliphatic rings. The fraction of sp³-hybridized carbons (Fsp3) is 0.273. The first kappa shape index (κ1) is 17.2. The summed E-state index contributed by atoms with van der Waals surface area (Å²) in [7, 11) is 0. The van der Waals surface area contributed by atoms with Crippen molar-refractivity contribution >= 4 is 35.0 Å². The van der Waals surface area contributed by atoms with E-state index in [-0.39, 0.29) is 23.6 Å². The Morgan fingerprint density at radius 2 is 0.967 bits per heavy atom. The van der Waals surface area contributed by atoms with Crippen molar-refractivity contribution in [2.24, 2.45) is 35.5 Å². The number of imide groups is 2. The van der Waals surface area contributed by atoms with Crippen LogP contribution in [0, 0.1) is 35.5 Å². The Balaban J connectivity index is 1.42. The predicted molar refractivity (Wildman–Crippen MR) is 104 cm³/mol. The lowest BCUT2D eigenvalue weighted by Gasteiger charge is -2.44. The summed E-state index contributed by atoms with van der Waals surface area (Å²) in [5, 5.41) is 0. The second kappa shape index (κ2) is 5.91. The van der Waals surface area contributed by atoms with Crippen molar-refractivity contribution in [3.8, 4) is 0 Å². The monoisotopic (exact) mass is 400 g/mol. The van der Waals surface area contributed by atoms with Gasteiger partial charge in [0.1, 0.15) is 0 Å². The zero-order chi connectivity index (χ0) is 20.6. The van der Waals surface area contributed by atoms with E-state index < -0.39 is 35.5 Å². The summed E-state index contributed by atoms with van der Waals surface area (Å²) in [6.07, 6.45) is 9.79. The molecule has 8 heteroatoms. The number of hydrogen-bond donors (Lipinski definition) is 0. The molecule has 0 N–H and O–H groups in total. The molecule has 4 amide bonds. The largest absolute Gasteiger partial charge is 0.274 e. The molecule has 2 aliphatic heterocycles. The first-order valence-corrected chi connectivity index (χ1v) is 9.83. The highest BCUT2D eigenvalue weighted by Gasteiger charge is 2.68. The van der Waals surface area contributed by atoms with E-state index in [1.54, 1.807) is 36.7 Å². The van der Waals surface area contributed by atoms with E-state index in [0.717, 1.165) is 0 Å². The fourth-order valence-corrected chi connectivity index (χ4v) is 5.71. The van der Waals surface area contributed by atoms with Crippen LogP contribution in [0.25, 0.3) is 0 Å². The van der Waals surface area contributed by atoms with Gasteiger partial charge in [-0.05, 0) is 24.3 Å². The number of hydrogen-bond acceptors (Lipinski definition) is 6. The quantitative estimate of drug-likeness (QED) is 0.555. The van der Waals surface area contributed by atoms with Crippen molar-refractivity contribution in [2.45, 2.75) is 0 Å². The highest BCUT2D eigenvalue weighted by Crippen LogP contribution is 2.58. The second-order valence-electron chi connectivity index (χ2n) is 8.09.